The summed E-state index contributed by atoms with van der Waals surface area (Å²) in [6.07, 6.45) is 0.945. The fourth-order valence-corrected chi connectivity index (χ4v) is 5.16. The Morgan fingerprint density at radius 1 is 1.15 bits per heavy atom. The molecule has 9 heteroatoms. The SMILES string of the molecule is COc1cccc(CNC(=O)[C@@H](CC(C)C)NS(=O)(=O)c2ccc3c(c2)CCN3C(C)=O)c1. The zero-order chi connectivity index (χ0) is 24.2. The van der Waals surface area contributed by atoms with E-state index < -0.39 is 16.1 Å². The molecule has 2 aromatic rings. The van der Waals surface area contributed by atoms with Gasteiger partial charge in [-0.05, 0) is 60.2 Å². The van der Waals surface area contributed by atoms with Crippen LogP contribution >= 0.6 is 0 Å². The van der Waals surface area contributed by atoms with Crippen molar-refractivity contribution in [3.63, 3.8) is 0 Å². The van der Waals surface area contributed by atoms with Crippen molar-refractivity contribution in [2.24, 2.45) is 5.92 Å². The van der Waals surface area contributed by atoms with Gasteiger partial charge in [0.2, 0.25) is 21.8 Å². The fourth-order valence-electron chi connectivity index (χ4n) is 3.90. The highest BCUT2D eigenvalue weighted by Gasteiger charge is 2.29. The number of benzene rings is 2. The lowest BCUT2D eigenvalue weighted by Gasteiger charge is -2.21. The van der Waals surface area contributed by atoms with Crippen molar-refractivity contribution in [2.45, 2.75) is 51.1 Å². The number of carbonyl (C=O) groups excluding carboxylic acids is 2. The van der Waals surface area contributed by atoms with E-state index in [1.807, 2.05) is 38.1 Å². The van der Waals surface area contributed by atoms with Crippen molar-refractivity contribution >= 4 is 27.5 Å². The number of ether oxygens (including phenoxy) is 1. The van der Waals surface area contributed by atoms with Crippen LogP contribution in [0.1, 0.15) is 38.3 Å². The monoisotopic (exact) mass is 473 g/mol. The molecule has 178 valence electrons. The van der Waals surface area contributed by atoms with Gasteiger partial charge >= 0.3 is 0 Å². The minimum absolute atomic E-state index is 0.0767. The number of amides is 2. The van der Waals surface area contributed by atoms with Crippen LogP contribution < -0.4 is 19.7 Å². The Morgan fingerprint density at radius 3 is 2.58 bits per heavy atom. The largest absolute Gasteiger partial charge is 0.497 e. The maximum atomic E-state index is 13.1. The van der Waals surface area contributed by atoms with Gasteiger partial charge in [0, 0.05) is 25.7 Å². The third-order valence-corrected chi connectivity index (χ3v) is 7.03. The maximum absolute atomic E-state index is 13.1. The average Bonchev–Trinajstić information content (AvgIpc) is 3.20. The minimum Gasteiger partial charge on any atom is -0.497 e. The van der Waals surface area contributed by atoms with E-state index in [4.69, 9.17) is 4.74 Å². The predicted octanol–water partition coefficient (Wildman–Crippen LogP) is 2.61. The molecule has 0 bridgehead atoms. The number of hydrogen-bond acceptors (Lipinski definition) is 5. The second-order valence-electron chi connectivity index (χ2n) is 8.58. The van der Waals surface area contributed by atoms with Gasteiger partial charge in [0.15, 0.2) is 0 Å². The molecular weight excluding hydrogens is 442 g/mol. The Hall–Kier alpha value is -2.91. The lowest BCUT2D eigenvalue weighted by molar-refractivity contribution is -0.123. The zero-order valence-corrected chi connectivity index (χ0v) is 20.2. The Kier molecular flexibility index (Phi) is 7.76. The molecule has 0 spiro atoms. The fraction of sp³-hybridized carbons (Fsp3) is 0.417. The summed E-state index contributed by atoms with van der Waals surface area (Å²) >= 11 is 0. The average molecular weight is 474 g/mol. The molecule has 3 rings (SSSR count). The van der Waals surface area contributed by atoms with Crippen LogP contribution in [-0.2, 0) is 32.6 Å². The highest BCUT2D eigenvalue weighted by Crippen LogP contribution is 2.30. The highest BCUT2D eigenvalue weighted by atomic mass is 32.2. The summed E-state index contributed by atoms with van der Waals surface area (Å²) in [5.74, 6) is 0.316. The van der Waals surface area contributed by atoms with E-state index in [-0.39, 0.29) is 29.2 Å². The topological polar surface area (TPSA) is 105 Å². The van der Waals surface area contributed by atoms with E-state index in [1.165, 1.54) is 13.0 Å². The maximum Gasteiger partial charge on any atom is 0.241 e. The summed E-state index contributed by atoms with van der Waals surface area (Å²) in [6, 6.07) is 11.1. The first-order valence-electron chi connectivity index (χ1n) is 10.9. The summed E-state index contributed by atoms with van der Waals surface area (Å²) in [5, 5.41) is 2.82. The normalized spacial score (nSPS) is 14.2. The molecule has 0 radical (unpaired) electrons. The summed E-state index contributed by atoms with van der Waals surface area (Å²) in [4.78, 5) is 26.4. The summed E-state index contributed by atoms with van der Waals surface area (Å²) in [6.45, 7) is 6.14. The number of nitrogens with one attached hydrogen (secondary N) is 2. The standard InChI is InChI=1S/C24H31N3O5S/c1-16(2)12-22(24(29)25-15-18-6-5-7-20(13-18)32-4)26-33(30,31)21-8-9-23-19(14-21)10-11-27(23)17(3)28/h5-9,13-14,16,22,26H,10-12,15H2,1-4H3,(H,25,29)/t22-/m1/s1. The molecule has 2 amide bonds. The van der Waals surface area contributed by atoms with E-state index in [0.29, 0.717) is 25.1 Å². The molecule has 0 aromatic heterocycles. The van der Waals surface area contributed by atoms with E-state index in [0.717, 1.165) is 16.8 Å². The van der Waals surface area contributed by atoms with Crippen LogP contribution in [0.25, 0.3) is 0 Å². The van der Waals surface area contributed by atoms with Crippen LogP contribution in [0, 0.1) is 5.92 Å². The molecule has 0 saturated heterocycles. The molecular formula is C24H31N3O5S. The summed E-state index contributed by atoms with van der Waals surface area (Å²) in [7, 11) is -2.37. The van der Waals surface area contributed by atoms with Gasteiger partial charge in [-0.25, -0.2) is 8.42 Å². The first-order valence-corrected chi connectivity index (χ1v) is 12.4. The molecule has 1 aliphatic heterocycles. The van der Waals surface area contributed by atoms with Crippen molar-refractivity contribution in [1.82, 2.24) is 10.0 Å². The lowest BCUT2D eigenvalue weighted by atomic mass is 10.0. The van der Waals surface area contributed by atoms with Gasteiger partial charge in [-0.2, -0.15) is 4.72 Å². The van der Waals surface area contributed by atoms with Crippen molar-refractivity contribution in [1.29, 1.82) is 0 Å². The molecule has 33 heavy (non-hydrogen) atoms. The smallest absolute Gasteiger partial charge is 0.241 e. The van der Waals surface area contributed by atoms with Gasteiger partial charge in [-0.15, -0.1) is 0 Å². The molecule has 0 aliphatic carbocycles. The number of nitrogens with zero attached hydrogens (tertiary/aromatic N) is 1. The predicted molar refractivity (Wildman–Crippen MR) is 127 cm³/mol. The molecule has 0 unspecified atom stereocenters. The number of anilines is 1. The van der Waals surface area contributed by atoms with Gasteiger partial charge in [-0.1, -0.05) is 26.0 Å². The Labute approximate surface area is 195 Å². The van der Waals surface area contributed by atoms with Crippen molar-refractivity contribution in [3.8, 4) is 5.75 Å². The highest BCUT2D eigenvalue weighted by molar-refractivity contribution is 7.89. The van der Waals surface area contributed by atoms with E-state index in [1.54, 1.807) is 24.1 Å². The van der Waals surface area contributed by atoms with Gasteiger partial charge in [0.25, 0.3) is 0 Å². The Morgan fingerprint density at radius 2 is 1.91 bits per heavy atom. The number of rotatable bonds is 9. The number of hydrogen-bond donors (Lipinski definition) is 2. The second-order valence-corrected chi connectivity index (χ2v) is 10.3. The number of fused-ring (bicyclic) bond motifs is 1. The number of sulfonamides is 1. The first kappa shape index (κ1) is 24.7. The van der Waals surface area contributed by atoms with Crippen LogP contribution in [0.4, 0.5) is 5.69 Å². The van der Waals surface area contributed by atoms with Gasteiger partial charge in [0.1, 0.15) is 11.8 Å². The summed E-state index contributed by atoms with van der Waals surface area (Å²) < 4.78 is 34.0. The lowest BCUT2D eigenvalue weighted by Crippen LogP contribution is -2.47. The van der Waals surface area contributed by atoms with Crippen LogP contribution in [-0.4, -0.2) is 39.9 Å². The van der Waals surface area contributed by atoms with Crippen molar-refractivity contribution < 1.29 is 22.7 Å². The molecule has 0 fully saturated rings. The van der Waals surface area contributed by atoms with E-state index in [2.05, 4.69) is 10.0 Å². The van der Waals surface area contributed by atoms with Crippen LogP contribution in [0.3, 0.4) is 0 Å². The van der Waals surface area contributed by atoms with E-state index >= 15 is 0 Å². The zero-order valence-electron chi connectivity index (χ0n) is 19.4. The van der Waals surface area contributed by atoms with Crippen molar-refractivity contribution in [3.05, 3.63) is 53.6 Å². The van der Waals surface area contributed by atoms with E-state index in [9.17, 15) is 18.0 Å². The molecule has 0 saturated carbocycles. The number of carbonyl (C=O) groups is 2. The summed E-state index contributed by atoms with van der Waals surface area (Å²) in [5.41, 5.74) is 2.38. The molecule has 1 aliphatic rings. The molecule has 2 aromatic carbocycles. The first-order chi connectivity index (χ1) is 15.6. The Balaban J connectivity index is 1.74. The van der Waals surface area contributed by atoms with Crippen molar-refractivity contribution in [2.75, 3.05) is 18.6 Å². The third kappa shape index (κ3) is 6.11. The molecule has 1 atom stereocenters. The van der Waals surface area contributed by atoms with Crippen LogP contribution in [0.5, 0.6) is 5.75 Å². The Bertz CT molecular complexity index is 1130. The molecule has 1 heterocycles. The number of methoxy groups -OCH3 is 1. The van der Waals surface area contributed by atoms with Crippen LogP contribution in [0.2, 0.25) is 0 Å². The second kappa shape index (κ2) is 10.4. The van der Waals surface area contributed by atoms with Gasteiger partial charge < -0.3 is 15.0 Å². The van der Waals surface area contributed by atoms with Gasteiger partial charge in [0.05, 0.1) is 12.0 Å². The minimum atomic E-state index is -3.94. The molecule has 8 nitrogen and oxygen atoms in total. The van der Waals surface area contributed by atoms with Gasteiger partial charge in [-0.3, -0.25) is 9.59 Å². The third-order valence-electron chi connectivity index (χ3n) is 5.56. The van der Waals surface area contributed by atoms with Crippen LogP contribution in [0.15, 0.2) is 47.4 Å². The quantitative estimate of drug-likeness (QED) is 0.583. The molecule has 2 N–H and O–H groups in total.